The number of esters is 1. The maximum Gasteiger partial charge on any atom is 0.426 e. The van der Waals surface area contributed by atoms with Gasteiger partial charge >= 0.3 is 11.9 Å². The number of rotatable bonds is 4. The number of nitriles is 1. The predicted octanol–water partition coefficient (Wildman–Crippen LogP) is 1.49. The van der Waals surface area contributed by atoms with Crippen molar-refractivity contribution in [3.63, 3.8) is 0 Å². The molecule has 0 rings (SSSR count). The molecule has 0 spiro atoms. The minimum atomic E-state index is -4.01. The first-order chi connectivity index (χ1) is 5.54. The van der Waals surface area contributed by atoms with Gasteiger partial charge in [-0.1, -0.05) is 13.3 Å². The summed E-state index contributed by atoms with van der Waals surface area (Å²) in [5, 5.41) is 7.82. The largest absolute Gasteiger partial charge is 0.460 e. The van der Waals surface area contributed by atoms with E-state index in [1.54, 1.807) is 0 Å². The number of hydrogen-bond acceptors (Lipinski definition) is 3. The van der Waals surface area contributed by atoms with Crippen LogP contribution in [0.25, 0.3) is 0 Å². The summed E-state index contributed by atoms with van der Waals surface area (Å²) in [5.41, 5.74) is 0. The number of halogens is 2. The molecule has 68 valence electrons. The van der Waals surface area contributed by atoms with Crippen LogP contribution in [0.3, 0.4) is 0 Å². The molecular formula is C7H9F2NO2. The van der Waals surface area contributed by atoms with Gasteiger partial charge in [0.2, 0.25) is 0 Å². The van der Waals surface area contributed by atoms with E-state index in [9.17, 15) is 13.6 Å². The van der Waals surface area contributed by atoms with Gasteiger partial charge in [0.15, 0.2) is 6.07 Å². The maximum atomic E-state index is 12.1. The number of hydrogen-bond donors (Lipinski definition) is 0. The molecule has 0 aromatic heterocycles. The molecule has 0 heterocycles. The molecule has 0 unspecified atom stereocenters. The van der Waals surface area contributed by atoms with Gasteiger partial charge in [-0.3, -0.25) is 0 Å². The Balaban J connectivity index is 3.82. The van der Waals surface area contributed by atoms with E-state index in [2.05, 4.69) is 4.74 Å². The van der Waals surface area contributed by atoms with E-state index in [4.69, 9.17) is 5.26 Å². The maximum absolute atomic E-state index is 12.1. The van der Waals surface area contributed by atoms with Gasteiger partial charge in [-0.2, -0.15) is 14.0 Å². The fourth-order valence-corrected chi connectivity index (χ4v) is 0.445. The predicted molar refractivity (Wildman–Crippen MR) is 36.4 cm³/mol. The lowest BCUT2D eigenvalue weighted by atomic mass is 10.3. The molecule has 0 aliphatic carbocycles. The van der Waals surface area contributed by atoms with E-state index in [1.807, 2.05) is 6.92 Å². The van der Waals surface area contributed by atoms with Crippen LogP contribution in [-0.4, -0.2) is 18.5 Å². The van der Waals surface area contributed by atoms with Crippen molar-refractivity contribution in [1.29, 1.82) is 5.26 Å². The van der Waals surface area contributed by atoms with Crippen LogP contribution in [-0.2, 0) is 9.53 Å². The van der Waals surface area contributed by atoms with Crippen molar-refractivity contribution in [2.45, 2.75) is 25.7 Å². The first kappa shape index (κ1) is 10.8. The van der Waals surface area contributed by atoms with Crippen LogP contribution in [0, 0.1) is 11.3 Å². The fourth-order valence-electron chi connectivity index (χ4n) is 0.445. The Morgan fingerprint density at radius 2 is 2.25 bits per heavy atom. The topological polar surface area (TPSA) is 50.1 Å². The summed E-state index contributed by atoms with van der Waals surface area (Å²) in [6.45, 7) is 1.77. The number of nitrogens with zero attached hydrogens (tertiary/aromatic N) is 1. The van der Waals surface area contributed by atoms with Crippen molar-refractivity contribution in [2.75, 3.05) is 6.61 Å². The third-order valence-corrected chi connectivity index (χ3v) is 1.13. The van der Waals surface area contributed by atoms with Crippen molar-refractivity contribution >= 4 is 5.97 Å². The van der Waals surface area contributed by atoms with Crippen molar-refractivity contribution in [1.82, 2.24) is 0 Å². The zero-order valence-corrected chi connectivity index (χ0v) is 6.64. The lowest BCUT2D eigenvalue weighted by Gasteiger charge is -2.06. The average molecular weight is 177 g/mol. The lowest BCUT2D eigenvalue weighted by Crippen LogP contribution is -2.29. The average Bonchev–Trinajstić information content (AvgIpc) is 2.05. The van der Waals surface area contributed by atoms with Crippen molar-refractivity contribution in [3.05, 3.63) is 0 Å². The van der Waals surface area contributed by atoms with Crippen molar-refractivity contribution in [2.24, 2.45) is 0 Å². The Morgan fingerprint density at radius 1 is 1.67 bits per heavy atom. The Morgan fingerprint density at radius 3 is 2.67 bits per heavy atom. The van der Waals surface area contributed by atoms with Crippen LogP contribution < -0.4 is 0 Å². The van der Waals surface area contributed by atoms with E-state index in [1.165, 1.54) is 0 Å². The van der Waals surface area contributed by atoms with Gasteiger partial charge in [-0.05, 0) is 6.42 Å². The second-order valence-corrected chi connectivity index (χ2v) is 2.18. The highest BCUT2D eigenvalue weighted by molar-refractivity contribution is 5.80. The summed E-state index contributed by atoms with van der Waals surface area (Å²) in [5.74, 6) is -5.77. The van der Waals surface area contributed by atoms with E-state index in [0.717, 1.165) is 6.42 Å². The zero-order valence-electron chi connectivity index (χ0n) is 6.64. The highest BCUT2D eigenvalue weighted by atomic mass is 19.3. The highest BCUT2D eigenvalue weighted by Crippen LogP contribution is 2.13. The lowest BCUT2D eigenvalue weighted by molar-refractivity contribution is -0.164. The van der Waals surface area contributed by atoms with Gasteiger partial charge in [0.25, 0.3) is 0 Å². The molecule has 3 nitrogen and oxygen atoms in total. The third kappa shape index (κ3) is 3.28. The van der Waals surface area contributed by atoms with Crippen LogP contribution >= 0.6 is 0 Å². The van der Waals surface area contributed by atoms with E-state index >= 15 is 0 Å². The summed E-state index contributed by atoms with van der Waals surface area (Å²) in [4.78, 5) is 10.4. The molecule has 0 aliphatic heterocycles. The third-order valence-electron chi connectivity index (χ3n) is 1.13. The molecule has 0 aromatic carbocycles. The van der Waals surface area contributed by atoms with E-state index < -0.39 is 11.9 Å². The van der Waals surface area contributed by atoms with Crippen LogP contribution in [0.5, 0.6) is 0 Å². The second-order valence-electron chi connectivity index (χ2n) is 2.18. The van der Waals surface area contributed by atoms with Gasteiger partial charge in [-0.15, -0.1) is 0 Å². The normalized spacial score (nSPS) is 10.5. The molecule has 0 bridgehead atoms. The summed E-state index contributed by atoms with van der Waals surface area (Å²) in [6.07, 6.45) is 1.26. The monoisotopic (exact) mass is 177 g/mol. The van der Waals surface area contributed by atoms with Crippen LogP contribution in [0.15, 0.2) is 0 Å². The highest BCUT2D eigenvalue weighted by Gasteiger charge is 2.40. The van der Waals surface area contributed by atoms with Crippen LogP contribution in [0.2, 0.25) is 0 Å². The van der Waals surface area contributed by atoms with Gasteiger partial charge in [0, 0.05) is 0 Å². The van der Waals surface area contributed by atoms with Gasteiger partial charge in [0.1, 0.15) is 0 Å². The molecule has 0 radical (unpaired) electrons. The SMILES string of the molecule is CCCCOC(=O)C(F)(F)C#N. The minimum Gasteiger partial charge on any atom is -0.460 e. The smallest absolute Gasteiger partial charge is 0.426 e. The van der Waals surface area contributed by atoms with Gasteiger partial charge < -0.3 is 4.74 Å². The Hall–Kier alpha value is -1.18. The number of alkyl halides is 2. The number of ether oxygens (including phenoxy) is 1. The van der Waals surface area contributed by atoms with Gasteiger partial charge in [0.05, 0.1) is 6.61 Å². The molecule has 0 saturated heterocycles. The Labute approximate surface area is 68.9 Å². The summed E-state index contributed by atoms with van der Waals surface area (Å²) >= 11 is 0. The number of unbranched alkanes of at least 4 members (excludes halogenated alkanes) is 1. The summed E-state index contributed by atoms with van der Waals surface area (Å²) in [6, 6.07) is 0.560. The molecule has 0 aliphatic rings. The van der Waals surface area contributed by atoms with Gasteiger partial charge in [-0.25, -0.2) is 4.79 Å². The molecule has 0 N–H and O–H groups in total. The van der Waals surface area contributed by atoms with Crippen LogP contribution in [0.4, 0.5) is 8.78 Å². The molecule has 5 heteroatoms. The summed E-state index contributed by atoms with van der Waals surface area (Å²) < 4.78 is 28.4. The molecular weight excluding hydrogens is 168 g/mol. The molecule has 0 atom stereocenters. The van der Waals surface area contributed by atoms with E-state index in [-0.39, 0.29) is 6.61 Å². The molecule has 0 fully saturated rings. The minimum absolute atomic E-state index is 0.0629. The molecule has 0 amide bonds. The Bertz CT molecular complexity index is 198. The molecule has 12 heavy (non-hydrogen) atoms. The standard InChI is InChI=1S/C7H9F2NO2/c1-2-3-4-12-6(11)7(8,9)5-10/h2-4H2,1H3. The first-order valence-corrected chi connectivity index (χ1v) is 3.51. The zero-order chi connectivity index (χ0) is 9.61. The quantitative estimate of drug-likeness (QED) is 0.482. The molecule has 0 aromatic rings. The molecule has 0 saturated carbocycles. The second kappa shape index (κ2) is 4.65. The van der Waals surface area contributed by atoms with E-state index in [0.29, 0.717) is 12.5 Å². The summed E-state index contributed by atoms with van der Waals surface area (Å²) in [7, 11) is 0. The van der Waals surface area contributed by atoms with Crippen LogP contribution in [0.1, 0.15) is 19.8 Å². The number of carbonyl (C=O) groups is 1. The fraction of sp³-hybridized carbons (Fsp3) is 0.714. The first-order valence-electron chi connectivity index (χ1n) is 3.51. The van der Waals surface area contributed by atoms with Crippen molar-refractivity contribution in [3.8, 4) is 6.07 Å². The number of carbonyl (C=O) groups excluding carboxylic acids is 1. The Kier molecular flexibility index (Phi) is 4.19. The van der Waals surface area contributed by atoms with Crippen molar-refractivity contribution < 1.29 is 18.3 Å².